The van der Waals surface area contributed by atoms with Gasteiger partial charge in [0.05, 0.1) is 0 Å². The van der Waals surface area contributed by atoms with Gasteiger partial charge in [-0.2, -0.15) is 0 Å². The second-order valence-corrected chi connectivity index (χ2v) is 7.23. The van der Waals surface area contributed by atoms with E-state index in [0.717, 1.165) is 19.4 Å². The molecule has 1 saturated carbocycles. The van der Waals surface area contributed by atoms with Crippen LogP contribution in [-0.4, -0.2) is 12.6 Å². The molecule has 1 heteroatoms. The molecule has 98 valence electrons. The third-order valence-electron chi connectivity index (χ3n) is 3.74. The van der Waals surface area contributed by atoms with Gasteiger partial charge in [0.1, 0.15) is 0 Å². The van der Waals surface area contributed by atoms with Gasteiger partial charge in [0.15, 0.2) is 0 Å². The Morgan fingerprint density at radius 3 is 2.24 bits per heavy atom. The second kappa shape index (κ2) is 5.91. The lowest BCUT2D eigenvalue weighted by Gasteiger charge is -2.45. The van der Waals surface area contributed by atoms with Crippen molar-refractivity contribution in [2.45, 2.75) is 72.3 Å². The fourth-order valence-electron chi connectivity index (χ4n) is 3.65. The fourth-order valence-corrected chi connectivity index (χ4v) is 3.65. The van der Waals surface area contributed by atoms with Crippen molar-refractivity contribution in [3.63, 3.8) is 0 Å². The quantitative estimate of drug-likeness (QED) is 0.561. The molecule has 17 heavy (non-hydrogen) atoms. The zero-order chi connectivity index (χ0) is 12.9. The van der Waals surface area contributed by atoms with Gasteiger partial charge in [-0.25, -0.2) is 0 Å². The number of hydrogen-bond acceptors (Lipinski definition) is 1. The Balaban J connectivity index is 2.31. The minimum Gasteiger partial charge on any atom is -0.314 e. The standard InChI is InChI=1S/C16H29N/c1-6-7-8-9-10-17-14-11-15(2,3)13-16(4,5)12-14/h1,14,17H,7-13H2,2-5H3. The summed E-state index contributed by atoms with van der Waals surface area (Å²) in [6, 6.07) is 0.694. The molecule has 0 spiro atoms. The molecule has 0 aromatic heterocycles. The van der Waals surface area contributed by atoms with Crippen molar-refractivity contribution in [3.05, 3.63) is 0 Å². The molecule has 1 aliphatic carbocycles. The maximum Gasteiger partial charge on any atom is 0.00865 e. The van der Waals surface area contributed by atoms with E-state index < -0.39 is 0 Å². The lowest BCUT2D eigenvalue weighted by Crippen LogP contribution is -2.44. The highest BCUT2D eigenvalue weighted by Gasteiger charge is 2.37. The van der Waals surface area contributed by atoms with E-state index in [4.69, 9.17) is 6.42 Å². The zero-order valence-electron chi connectivity index (χ0n) is 12.1. The Morgan fingerprint density at radius 2 is 1.71 bits per heavy atom. The minimum atomic E-state index is 0.484. The number of hydrogen-bond donors (Lipinski definition) is 1. The fraction of sp³-hybridized carbons (Fsp3) is 0.875. The van der Waals surface area contributed by atoms with Crippen LogP contribution in [0.5, 0.6) is 0 Å². The Labute approximate surface area is 108 Å². The van der Waals surface area contributed by atoms with Crippen LogP contribution in [0.1, 0.15) is 66.2 Å². The zero-order valence-corrected chi connectivity index (χ0v) is 12.1. The predicted molar refractivity (Wildman–Crippen MR) is 75.9 cm³/mol. The van der Waals surface area contributed by atoms with Crippen LogP contribution in [0.3, 0.4) is 0 Å². The Hall–Kier alpha value is -0.480. The highest BCUT2D eigenvalue weighted by Crippen LogP contribution is 2.45. The highest BCUT2D eigenvalue weighted by atomic mass is 14.9. The van der Waals surface area contributed by atoms with Crippen LogP contribution < -0.4 is 5.32 Å². The van der Waals surface area contributed by atoms with E-state index in [1.807, 2.05) is 0 Å². The molecule has 0 amide bonds. The third kappa shape index (κ3) is 5.59. The highest BCUT2D eigenvalue weighted by molar-refractivity contribution is 4.92. The monoisotopic (exact) mass is 235 g/mol. The van der Waals surface area contributed by atoms with Gasteiger partial charge in [0, 0.05) is 12.5 Å². The Kier molecular flexibility index (Phi) is 5.07. The summed E-state index contributed by atoms with van der Waals surface area (Å²) in [7, 11) is 0. The van der Waals surface area contributed by atoms with Crippen molar-refractivity contribution >= 4 is 0 Å². The van der Waals surface area contributed by atoms with Gasteiger partial charge < -0.3 is 5.32 Å². The molecule has 0 radical (unpaired) electrons. The summed E-state index contributed by atoms with van der Waals surface area (Å²) < 4.78 is 0. The largest absolute Gasteiger partial charge is 0.314 e. The van der Waals surface area contributed by atoms with Gasteiger partial charge in [-0.05, 0) is 49.5 Å². The molecule has 0 unspecified atom stereocenters. The molecule has 1 aliphatic rings. The van der Waals surface area contributed by atoms with Gasteiger partial charge >= 0.3 is 0 Å². The summed E-state index contributed by atoms with van der Waals surface area (Å²) in [5.41, 5.74) is 0.969. The van der Waals surface area contributed by atoms with Crippen molar-refractivity contribution in [3.8, 4) is 12.3 Å². The first-order chi connectivity index (χ1) is 7.85. The second-order valence-electron chi connectivity index (χ2n) is 7.23. The van der Waals surface area contributed by atoms with Crippen molar-refractivity contribution in [2.75, 3.05) is 6.54 Å². The van der Waals surface area contributed by atoms with E-state index in [9.17, 15) is 0 Å². The molecule has 1 rings (SSSR count). The average Bonchev–Trinajstić information content (AvgIpc) is 2.12. The summed E-state index contributed by atoms with van der Waals surface area (Å²) >= 11 is 0. The van der Waals surface area contributed by atoms with Crippen molar-refractivity contribution in [1.82, 2.24) is 5.32 Å². The SMILES string of the molecule is C#CCCCCNC1CC(C)(C)CC(C)(C)C1. The van der Waals surface area contributed by atoms with Crippen molar-refractivity contribution < 1.29 is 0 Å². The topological polar surface area (TPSA) is 12.0 Å². The van der Waals surface area contributed by atoms with Crippen LogP contribution in [-0.2, 0) is 0 Å². The summed E-state index contributed by atoms with van der Waals surface area (Å²) in [6.07, 6.45) is 12.5. The summed E-state index contributed by atoms with van der Waals surface area (Å²) in [5.74, 6) is 2.70. The van der Waals surface area contributed by atoms with Gasteiger partial charge in [-0.3, -0.25) is 0 Å². The van der Waals surface area contributed by atoms with Crippen LogP contribution >= 0.6 is 0 Å². The Morgan fingerprint density at radius 1 is 1.12 bits per heavy atom. The molecule has 0 aromatic carbocycles. The van der Waals surface area contributed by atoms with Gasteiger partial charge in [0.2, 0.25) is 0 Å². The first-order valence-corrected chi connectivity index (χ1v) is 7.02. The number of unbranched alkanes of at least 4 members (excludes halogenated alkanes) is 2. The number of rotatable bonds is 5. The van der Waals surface area contributed by atoms with E-state index in [1.165, 1.54) is 25.7 Å². The maximum atomic E-state index is 5.25. The van der Waals surface area contributed by atoms with Gasteiger partial charge in [-0.15, -0.1) is 12.3 Å². The van der Waals surface area contributed by atoms with E-state index in [-0.39, 0.29) is 0 Å². The molecular formula is C16H29N. The van der Waals surface area contributed by atoms with Crippen molar-refractivity contribution in [2.24, 2.45) is 10.8 Å². The Bertz CT molecular complexity index is 254. The van der Waals surface area contributed by atoms with E-state index in [2.05, 4.69) is 38.9 Å². The lowest BCUT2D eigenvalue weighted by atomic mass is 9.63. The smallest absolute Gasteiger partial charge is 0.00865 e. The predicted octanol–water partition coefficient (Wildman–Crippen LogP) is 3.98. The van der Waals surface area contributed by atoms with Gasteiger partial charge in [0.25, 0.3) is 0 Å². The van der Waals surface area contributed by atoms with Gasteiger partial charge in [-0.1, -0.05) is 27.7 Å². The van der Waals surface area contributed by atoms with Crippen LogP contribution in [0.4, 0.5) is 0 Å². The molecule has 0 bridgehead atoms. The van der Waals surface area contributed by atoms with Crippen LogP contribution in [0.25, 0.3) is 0 Å². The van der Waals surface area contributed by atoms with Crippen LogP contribution in [0.15, 0.2) is 0 Å². The summed E-state index contributed by atoms with van der Waals surface area (Å²) in [5, 5.41) is 3.72. The lowest BCUT2D eigenvalue weighted by molar-refractivity contribution is 0.0851. The number of nitrogens with one attached hydrogen (secondary N) is 1. The first-order valence-electron chi connectivity index (χ1n) is 7.02. The maximum absolute atomic E-state index is 5.25. The van der Waals surface area contributed by atoms with Crippen molar-refractivity contribution in [1.29, 1.82) is 0 Å². The molecule has 1 N–H and O–H groups in total. The molecular weight excluding hydrogens is 206 g/mol. The molecule has 1 nitrogen and oxygen atoms in total. The molecule has 0 aliphatic heterocycles. The first kappa shape index (κ1) is 14.6. The minimum absolute atomic E-state index is 0.484. The van der Waals surface area contributed by atoms with Crippen LogP contribution in [0.2, 0.25) is 0 Å². The average molecular weight is 235 g/mol. The molecule has 0 saturated heterocycles. The number of terminal acetylenes is 1. The third-order valence-corrected chi connectivity index (χ3v) is 3.74. The van der Waals surface area contributed by atoms with E-state index in [0.29, 0.717) is 16.9 Å². The molecule has 0 heterocycles. The molecule has 0 aromatic rings. The van der Waals surface area contributed by atoms with E-state index in [1.54, 1.807) is 0 Å². The summed E-state index contributed by atoms with van der Waals surface area (Å²) in [6.45, 7) is 10.7. The molecule has 1 fully saturated rings. The van der Waals surface area contributed by atoms with E-state index >= 15 is 0 Å². The molecule has 0 atom stereocenters. The normalized spacial score (nSPS) is 23.2. The van der Waals surface area contributed by atoms with Crippen LogP contribution in [0, 0.1) is 23.2 Å². The summed E-state index contributed by atoms with van der Waals surface area (Å²) in [4.78, 5) is 0.